The lowest BCUT2D eigenvalue weighted by molar-refractivity contribution is 1.24. The number of hydrogen-bond donors (Lipinski definition) is 0. The smallest absolute Gasteiger partial charge is 0.0490 e. The first-order chi connectivity index (χ1) is 23.6. The van der Waals surface area contributed by atoms with Crippen molar-refractivity contribution < 1.29 is 0 Å². The van der Waals surface area contributed by atoms with Gasteiger partial charge >= 0.3 is 0 Å². The van der Waals surface area contributed by atoms with Crippen LogP contribution in [0.25, 0.3) is 23.3 Å². The van der Waals surface area contributed by atoms with Gasteiger partial charge in [0.2, 0.25) is 0 Å². The first kappa shape index (κ1) is 30.5. The summed E-state index contributed by atoms with van der Waals surface area (Å²) in [6, 6.07) is 64.7. The highest BCUT2D eigenvalue weighted by Gasteiger charge is 2.15. The largest absolute Gasteiger partial charge is 0.311 e. The molecule has 0 unspecified atom stereocenters. The van der Waals surface area contributed by atoms with Gasteiger partial charge in [0.25, 0.3) is 0 Å². The normalized spacial score (nSPS) is 11.0. The lowest BCUT2D eigenvalue weighted by Gasteiger charge is -2.27. The molecule has 0 N–H and O–H groups in total. The molecular weight excluding hydrogens is 581 g/mol. The van der Waals surface area contributed by atoms with Crippen molar-refractivity contribution in [1.29, 1.82) is 0 Å². The lowest BCUT2D eigenvalue weighted by Crippen LogP contribution is -2.11. The van der Waals surface area contributed by atoms with Gasteiger partial charge in [-0.3, -0.25) is 0 Å². The Hall–Kier alpha value is -6.12. The number of nitrogens with zero attached hydrogens (tertiary/aromatic N) is 2. The zero-order valence-corrected chi connectivity index (χ0v) is 27.4. The van der Waals surface area contributed by atoms with Crippen molar-refractivity contribution in [3.05, 3.63) is 204 Å². The standard InChI is InChI=1S/C46H38N2/c1-35-17-29-44(30-18-35)48(46-16-10-9-11-36(46)2)45-33-27-40(28-34-45)39-25-21-37(22-26-39)19-20-38-23-31-43(32-24-38)47(41-12-5-3-6-13-41)42-14-7-4-8-15-42/h3-34H,1-2H3. The lowest BCUT2D eigenvalue weighted by atomic mass is 10.0. The maximum absolute atomic E-state index is 2.33. The summed E-state index contributed by atoms with van der Waals surface area (Å²) in [6.07, 6.45) is 4.35. The van der Waals surface area contributed by atoms with E-state index in [0.717, 1.165) is 34.0 Å². The highest BCUT2D eigenvalue weighted by molar-refractivity contribution is 5.81. The Morgan fingerprint density at radius 3 is 1.23 bits per heavy atom. The number of rotatable bonds is 9. The minimum Gasteiger partial charge on any atom is -0.311 e. The summed E-state index contributed by atoms with van der Waals surface area (Å²) in [5, 5.41) is 0. The zero-order chi connectivity index (χ0) is 32.7. The second-order valence-electron chi connectivity index (χ2n) is 12.1. The fourth-order valence-corrected chi connectivity index (χ4v) is 6.05. The van der Waals surface area contributed by atoms with Crippen LogP contribution >= 0.6 is 0 Å². The van der Waals surface area contributed by atoms with Crippen molar-refractivity contribution in [2.75, 3.05) is 9.80 Å². The average Bonchev–Trinajstić information content (AvgIpc) is 3.14. The van der Waals surface area contributed by atoms with Crippen molar-refractivity contribution in [2.24, 2.45) is 0 Å². The van der Waals surface area contributed by atoms with Crippen molar-refractivity contribution in [1.82, 2.24) is 0 Å². The van der Waals surface area contributed by atoms with Gasteiger partial charge in [-0.15, -0.1) is 0 Å². The number of aryl methyl sites for hydroxylation is 2. The summed E-state index contributed by atoms with van der Waals surface area (Å²) in [5.41, 5.74) is 14.1. The minimum atomic E-state index is 1.13. The van der Waals surface area contributed by atoms with Gasteiger partial charge in [-0.2, -0.15) is 0 Å². The molecule has 232 valence electrons. The van der Waals surface area contributed by atoms with E-state index in [9.17, 15) is 0 Å². The third-order valence-corrected chi connectivity index (χ3v) is 8.67. The van der Waals surface area contributed by atoms with Crippen LogP contribution in [0, 0.1) is 13.8 Å². The summed E-state index contributed by atoms with van der Waals surface area (Å²) >= 11 is 0. The van der Waals surface area contributed by atoms with E-state index in [0.29, 0.717) is 0 Å². The third-order valence-electron chi connectivity index (χ3n) is 8.67. The molecule has 2 heteroatoms. The molecule has 0 aromatic heterocycles. The Morgan fingerprint density at radius 2 is 0.708 bits per heavy atom. The van der Waals surface area contributed by atoms with Crippen LogP contribution in [0.5, 0.6) is 0 Å². The SMILES string of the molecule is Cc1ccc(N(c2ccc(-c3ccc(C=Cc4ccc(N(c5ccccc5)c5ccccc5)cc4)cc3)cc2)c2ccccc2C)cc1. The van der Waals surface area contributed by atoms with E-state index in [1.165, 1.54) is 33.5 Å². The number of para-hydroxylation sites is 3. The highest BCUT2D eigenvalue weighted by Crippen LogP contribution is 2.38. The quantitative estimate of drug-likeness (QED) is 0.149. The molecule has 0 saturated carbocycles. The fraction of sp³-hybridized carbons (Fsp3) is 0.0435. The number of anilines is 6. The van der Waals surface area contributed by atoms with Gasteiger partial charge in [0.05, 0.1) is 0 Å². The molecular formula is C46H38N2. The average molecular weight is 619 g/mol. The van der Waals surface area contributed by atoms with Gasteiger partial charge in [0, 0.05) is 34.1 Å². The molecule has 7 aromatic carbocycles. The topological polar surface area (TPSA) is 6.48 Å². The predicted molar refractivity (Wildman–Crippen MR) is 206 cm³/mol. The van der Waals surface area contributed by atoms with E-state index in [4.69, 9.17) is 0 Å². The maximum Gasteiger partial charge on any atom is 0.0490 e. The van der Waals surface area contributed by atoms with E-state index in [2.05, 4.69) is 218 Å². The zero-order valence-electron chi connectivity index (χ0n) is 27.4. The van der Waals surface area contributed by atoms with Gasteiger partial charge < -0.3 is 9.80 Å². The first-order valence-electron chi connectivity index (χ1n) is 16.4. The molecule has 0 heterocycles. The molecule has 0 saturated heterocycles. The molecule has 0 fully saturated rings. The molecule has 0 atom stereocenters. The van der Waals surface area contributed by atoms with Crippen LogP contribution in [-0.2, 0) is 0 Å². The van der Waals surface area contributed by atoms with E-state index in [1.807, 2.05) is 0 Å². The van der Waals surface area contributed by atoms with Gasteiger partial charge in [0.15, 0.2) is 0 Å². The van der Waals surface area contributed by atoms with Crippen LogP contribution in [0.1, 0.15) is 22.3 Å². The molecule has 0 aliphatic rings. The first-order valence-corrected chi connectivity index (χ1v) is 16.4. The number of hydrogen-bond acceptors (Lipinski definition) is 2. The Balaban J connectivity index is 1.07. The summed E-state index contributed by atoms with van der Waals surface area (Å²) in [6.45, 7) is 4.29. The van der Waals surface area contributed by atoms with E-state index >= 15 is 0 Å². The number of benzene rings is 7. The third kappa shape index (κ3) is 6.84. The molecule has 48 heavy (non-hydrogen) atoms. The molecule has 0 spiro atoms. The Bertz CT molecular complexity index is 2060. The van der Waals surface area contributed by atoms with Crippen LogP contribution in [0.3, 0.4) is 0 Å². The molecule has 0 radical (unpaired) electrons. The summed E-state index contributed by atoms with van der Waals surface area (Å²) < 4.78 is 0. The van der Waals surface area contributed by atoms with Crippen LogP contribution in [0.15, 0.2) is 182 Å². The van der Waals surface area contributed by atoms with Gasteiger partial charge in [-0.05, 0) is 108 Å². The molecule has 0 aliphatic heterocycles. The van der Waals surface area contributed by atoms with Crippen molar-refractivity contribution in [3.8, 4) is 11.1 Å². The van der Waals surface area contributed by atoms with Crippen LogP contribution < -0.4 is 9.80 Å². The van der Waals surface area contributed by atoms with Crippen molar-refractivity contribution in [3.63, 3.8) is 0 Å². The van der Waals surface area contributed by atoms with Crippen molar-refractivity contribution >= 4 is 46.3 Å². The molecule has 0 bridgehead atoms. The van der Waals surface area contributed by atoms with Gasteiger partial charge in [0.1, 0.15) is 0 Å². The van der Waals surface area contributed by atoms with E-state index in [1.54, 1.807) is 0 Å². The predicted octanol–water partition coefficient (Wildman–Crippen LogP) is 13.1. The molecule has 0 amide bonds. The monoisotopic (exact) mass is 618 g/mol. The van der Waals surface area contributed by atoms with Crippen LogP contribution in [0.4, 0.5) is 34.1 Å². The Morgan fingerprint density at radius 1 is 0.333 bits per heavy atom. The minimum absolute atomic E-state index is 1.13. The summed E-state index contributed by atoms with van der Waals surface area (Å²) in [7, 11) is 0. The van der Waals surface area contributed by atoms with Gasteiger partial charge in [-0.25, -0.2) is 0 Å². The molecule has 0 aliphatic carbocycles. The van der Waals surface area contributed by atoms with Gasteiger partial charge in [-0.1, -0.05) is 133 Å². The maximum atomic E-state index is 2.33. The second kappa shape index (κ2) is 14.1. The Kier molecular flexibility index (Phi) is 8.97. The second-order valence-corrected chi connectivity index (χ2v) is 12.1. The molecule has 2 nitrogen and oxygen atoms in total. The molecule has 7 rings (SSSR count). The van der Waals surface area contributed by atoms with Crippen LogP contribution in [-0.4, -0.2) is 0 Å². The molecule has 7 aromatic rings. The summed E-state index contributed by atoms with van der Waals surface area (Å²) in [4.78, 5) is 4.61. The van der Waals surface area contributed by atoms with E-state index in [-0.39, 0.29) is 0 Å². The summed E-state index contributed by atoms with van der Waals surface area (Å²) in [5.74, 6) is 0. The van der Waals surface area contributed by atoms with Crippen molar-refractivity contribution in [2.45, 2.75) is 13.8 Å². The fourth-order valence-electron chi connectivity index (χ4n) is 6.05. The van der Waals surface area contributed by atoms with Crippen LogP contribution in [0.2, 0.25) is 0 Å². The Labute approximate surface area is 284 Å². The highest BCUT2D eigenvalue weighted by atomic mass is 15.1. The van der Waals surface area contributed by atoms with E-state index < -0.39 is 0 Å².